The van der Waals surface area contributed by atoms with Crippen LogP contribution in [0.15, 0.2) is 24.3 Å². The summed E-state index contributed by atoms with van der Waals surface area (Å²) < 4.78 is 0. The van der Waals surface area contributed by atoms with Gasteiger partial charge in [0.25, 0.3) is 0 Å². The minimum atomic E-state index is -0.968. The maximum absolute atomic E-state index is 11.1. The van der Waals surface area contributed by atoms with Gasteiger partial charge in [0.1, 0.15) is 6.04 Å². The topological polar surface area (TPSA) is 92.4 Å². The lowest BCUT2D eigenvalue weighted by atomic mass is 10.0. The maximum atomic E-state index is 11.1. The highest BCUT2D eigenvalue weighted by Gasteiger charge is 2.17. The Hall–Kier alpha value is -1.88. The van der Waals surface area contributed by atoms with E-state index in [1.54, 1.807) is 0 Å². The molecule has 5 heteroatoms. The number of carbonyl (C=O) groups excluding carboxylic acids is 1. The lowest BCUT2D eigenvalue weighted by Gasteiger charge is -2.14. The molecule has 1 aromatic carbocycles. The van der Waals surface area contributed by atoms with Crippen molar-refractivity contribution in [2.75, 3.05) is 0 Å². The van der Waals surface area contributed by atoms with E-state index < -0.39 is 17.9 Å². The van der Waals surface area contributed by atoms with Crippen molar-refractivity contribution in [3.8, 4) is 0 Å². The van der Waals surface area contributed by atoms with Crippen LogP contribution < -0.4 is 11.1 Å². The molecule has 4 N–H and O–H groups in total. The fraction of sp³-hybridized carbons (Fsp3) is 0.467. The Bertz CT molecular complexity index is 455. The average Bonchev–Trinajstić information content (AvgIpc) is 2.38. The van der Waals surface area contributed by atoms with E-state index in [1.165, 1.54) is 5.56 Å². The van der Waals surface area contributed by atoms with Crippen LogP contribution in [0.1, 0.15) is 43.7 Å². The quantitative estimate of drug-likeness (QED) is 0.673. The first kappa shape index (κ1) is 16.2. The van der Waals surface area contributed by atoms with E-state index in [9.17, 15) is 9.59 Å². The summed E-state index contributed by atoms with van der Waals surface area (Å²) in [4.78, 5) is 21.8. The molecule has 1 unspecified atom stereocenters. The molecule has 1 atom stereocenters. The molecule has 5 nitrogen and oxygen atoms in total. The zero-order valence-corrected chi connectivity index (χ0v) is 11.9. The normalized spacial score (nSPS) is 12.3. The Morgan fingerprint density at radius 2 is 1.85 bits per heavy atom. The summed E-state index contributed by atoms with van der Waals surface area (Å²) in [6.07, 6.45) is 0.269. The van der Waals surface area contributed by atoms with Crippen LogP contribution in [0, 0.1) is 0 Å². The Morgan fingerprint density at radius 1 is 1.25 bits per heavy atom. The number of hydrogen-bond acceptors (Lipinski definition) is 3. The number of carboxylic acids is 1. The molecule has 20 heavy (non-hydrogen) atoms. The standard InChI is InChI=1S/C15H22N2O3/c1-10(2)12-5-3-11(4-6-12)9-17-13(15(19)20)7-8-14(16)18/h3-6,10,13,17H,7-9H2,1-2H3,(H2,16,18)(H,19,20). The first-order chi connectivity index (χ1) is 9.40. The Balaban J connectivity index is 2.54. The van der Waals surface area contributed by atoms with Crippen molar-refractivity contribution >= 4 is 11.9 Å². The summed E-state index contributed by atoms with van der Waals surface area (Å²) in [6.45, 7) is 4.70. The van der Waals surface area contributed by atoms with Crippen LogP contribution in [0.4, 0.5) is 0 Å². The molecule has 0 bridgehead atoms. The minimum Gasteiger partial charge on any atom is -0.480 e. The third kappa shape index (κ3) is 5.40. The van der Waals surface area contributed by atoms with E-state index in [0.29, 0.717) is 12.5 Å². The molecule has 0 spiro atoms. The molecule has 0 aliphatic heterocycles. The van der Waals surface area contributed by atoms with Crippen molar-refractivity contribution in [3.63, 3.8) is 0 Å². The number of rotatable bonds is 8. The molecule has 0 saturated carbocycles. The van der Waals surface area contributed by atoms with Crippen LogP contribution in [-0.2, 0) is 16.1 Å². The molecule has 0 aliphatic rings. The lowest BCUT2D eigenvalue weighted by Crippen LogP contribution is -2.37. The van der Waals surface area contributed by atoms with Gasteiger partial charge in [0.15, 0.2) is 0 Å². The molecule has 0 radical (unpaired) electrons. The van der Waals surface area contributed by atoms with Crippen LogP contribution in [0.2, 0.25) is 0 Å². The second-order valence-electron chi connectivity index (χ2n) is 5.17. The van der Waals surface area contributed by atoms with E-state index >= 15 is 0 Å². The van der Waals surface area contributed by atoms with Gasteiger partial charge in [-0.3, -0.25) is 9.59 Å². The predicted molar refractivity (Wildman–Crippen MR) is 77.2 cm³/mol. The summed E-state index contributed by atoms with van der Waals surface area (Å²) in [5.41, 5.74) is 7.29. The first-order valence-corrected chi connectivity index (χ1v) is 6.73. The third-order valence-electron chi connectivity index (χ3n) is 3.18. The van der Waals surface area contributed by atoms with Crippen molar-refractivity contribution in [2.24, 2.45) is 5.73 Å². The number of primary amides is 1. The van der Waals surface area contributed by atoms with E-state index in [-0.39, 0.29) is 12.8 Å². The van der Waals surface area contributed by atoms with Crippen LogP contribution in [0.3, 0.4) is 0 Å². The van der Waals surface area contributed by atoms with Gasteiger partial charge in [0.05, 0.1) is 0 Å². The number of amides is 1. The molecular formula is C15H22N2O3. The first-order valence-electron chi connectivity index (χ1n) is 6.73. The smallest absolute Gasteiger partial charge is 0.320 e. The zero-order chi connectivity index (χ0) is 15.1. The third-order valence-corrected chi connectivity index (χ3v) is 3.18. The van der Waals surface area contributed by atoms with Gasteiger partial charge in [-0.1, -0.05) is 38.1 Å². The second-order valence-corrected chi connectivity index (χ2v) is 5.17. The molecule has 110 valence electrons. The maximum Gasteiger partial charge on any atom is 0.320 e. The fourth-order valence-corrected chi connectivity index (χ4v) is 1.86. The van der Waals surface area contributed by atoms with Crippen LogP contribution in [-0.4, -0.2) is 23.0 Å². The van der Waals surface area contributed by atoms with E-state index in [1.807, 2.05) is 24.3 Å². The number of nitrogens with two attached hydrogens (primary N) is 1. The van der Waals surface area contributed by atoms with Crippen molar-refractivity contribution in [3.05, 3.63) is 35.4 Å². The monoisotopic (exact) mass is 278 g/mol. The molecule has 0 saturated heterocycles. The van der Waals surface area contributed by atoms with Gasteiger partial charge in [-0.15, -0.1) is 0 Å². The summed E-state index contributed by atoms with van der Waals surface area (Å²) in [7, 11) is 0. The molecule has 0 heterocycles. The van der Waals surface area contributed by atoms with Crippen molar-refractivity contribution in [1.82, 2.24) is 5.32 Å². The summed E-state index contributed by atoms with van der Waals surface area (Å²) in [5, 5.41) is 12.0. The second kappa shape index (κ2) is 7.65. The van der Waals surface area contributed by atoms with Gasteiger partial charge >= 0.3 is 5.97 Å². The molecule has 1 rings (SSSR count). The number of carboxylic acid groups (broad SMARTS) is 1. The number of aliphatic carboxylic acids is 1. The van der Waals surface area contributed by atoms with Crippen molar-refractivity contribution in [2.45, 2.75) is 45.2 Å². The SMILES string of the molecule is CC(C)c1ccc(CNC(CCC(N)=O)C(=O)O)cc1. The van der Waals surface area contributed by atoms with E-state index in [2.05, 4.69) is 19.2 Å². The van der Waals surface area contributed by atoms with Crippen LogP contribution >= 0.6 is 0 Å². The number of nitrogens with one attached hydrogen (secondary N) is 1. The van der Waals surface area contributed by atoms with E-state index in [0.717, 1.165) is 5.56 Å². The Morgan fingerprint density at radius 3 is 2.30 bits per heavy atom. The van der Waals surface area contributed by atoms with Crippen molar-refractivity contribution < 1.29 is 14.7 Å². The van der Waals surface area contributed by atoms with Crippen molar-refractivity contribution in [1.29, 1.82) is 0 Å². The van der Waals surface area contributed by atoms with Gasteiger partial charge in [-0.05, 0) is 23.5 Å². The zero-order valence-electron chi connectivity index (χ0n) is 11.9. The highest BCUT2D eigenvalue weighted by molar-refractivity contribution is 5.77. The van der Waals surface area contributed by atoms with Crippen LogP contribution in [0.25, 0.3) is 0 Å². The van der Waals surface area contributed by atoms with Gasteiger partial charge in [-0.25, -0.2) is 0 Å². The Kier molecular flexibility index (Phi) is 6.18. The molecule has 0 aliphatic carbocycles. The number of benzene rings is 1. The largest absolute Gasteiger partial charge is 0.480 e. The molecule has 0 aromatic heterocycles. The number of hydrogen-bond donors (Lipinski definition) is 3. The lowest BCUT2D eigenvalue weighted by molar-refractivity contribution is -0.139. The van der Waals surface area contributed by atoms with E-state index in [4.69, 9.17) is 10.8 Å². The Labute approximate surface area is 119 Å². The summed E-state index contributed by atoms with van der Waals surface area (Å²) >= 11 is 0. The number of carbonyl (C=O) groups is 2. The van der Waals surface area contributed by atoms with Gasteiger partial charge in [0.2, 0.25) is 5.91 Å². The van der Waals surface area contributed by atoms with Gasteiger partial charge in [0, 0.05) is 13.0 Å². The molecule has 0 fully saturated rings. The molecule has 1 aromatic rings. The van der Waals surface area contributed by atoms with Gasteiger partial charge in [-0.2, -0.15) is 0 Å². The highest BCUT2D eigenvalue weighted by Crippen LogP contribution is 2.14. The average molecular weight is 278 g/mol. The van der Waals surface area contributed by atoms with Gasteiger partial charge < -0.3 is 16.2 Å². The summed E-state index contributed by atoms with van der Waals surface area (Å²) in [6, 6.07) is 7.29. The minimum absolute atomic E-state index is 0.0657. The van der Waals surface area contributed by atoms with Crippen LogP contribution in [0.5, 0.6) is 0 Å². The fourth-order valence-electron chi connectivity index (χ4n) is 1.86. The summed E-state index contributed by atoms with van der Waals surface area (Å²) in [5.74, 6) is -0.983. The predicted octanol–water partition coefficient (Wildman–Crippen LogP) is 1.62. The highest BCUT2D eigenvalue weighted by atomic mass is 16.4. The molecular weight excluding hydrogens is 256 g/mol. The molecule has 1 amide bonds.